The Morgan fingerprint density at radius 2 is 2.39 bits per heavy atom. The maximum atomic E-state index is 12.1. The van der Waals surface area contributed by atoms with Gasteiger partial charge >= 0.3 is 0 Å². The molecule has 0 aromatic carbocycles. The lowest BCUT2D eigenvalue weighted by Crippen LogP contribution is -2.37. The maximum absolute atomic E-state index is 12.1. The minimum absolute atomic E-state index is 0.0563. The van der Waals surface area contributed by atoms with E-state index in [0.717, 1.165) is 18.4 Å². The van der Waals surface area contributed by atoms with Gasteiger partial charge in [-0.15, -0.1) is 0 Å². The van der Waals surface area contributed by atoms with Crippen LogP contribution >= 0.6 is 11.6 Å². The quantitative estimate of drug-likeness (QED) is 0.782. The number of pyridine rings is 1. The molecule has 1 aromatic rings. The van der Waals surface area contributed by atoms with Crippen molar-refractivity contribution in [1.29, 1.82) is 0 Å². The molecule has 1 unspecified atom stereocenters. The van der Waals surface area contributed by atoms with Crippen molar-refractivity contribution < 1.29 is 9.53 Å². The first-order valence-corrected chi connectivity index (χ1v) is 6.64. The number of rotatable bonds is 1. The van der Waals surface area contributed by atoms with Crippen LogP contribution in [0.4, 0.5) is 0 Å². The first-order valence-electron chi connectivity index (χ1n) is 6.27. The van der Waals surface area contributed by atoms with Crippen molar-refractivity contribution in [1.82, 2.24) is 10.3 Å². The molecule has 5 heteroatoms. The van der Waals surface area contributed by atoms with Gasteiger partial charge in [-0.25, -0.2) is 4.98 Å². The minimum Gasteiger partial charge on any atom is -0.368 e. The molecule has 4 nitrogen and oxygen atoms in total. The fraction of sp³-hybridized carbons (Fsp3) is 0.538. The molecule has 1 N–H and O–H groups in total. The van der Waals surface area contributed by atoms with Crippen molar-refractivity contribution in [2.45, 2.75) is 30.5 Å². The summed E-state index contributed by atoms with van der Waals surface area (Å²) in [5.41, 5.74) is 0.805. The molecule has 0 aliphatic carbocycles. The zero-order valence-electron chi connectivity index (χ0n) is 9.73. The van der Waals surface area contributed by atoms with Crippen LogP contribution in [0.5, 0.6) is 0 Å². The molecule has 4 heterocycles. The van der Waals surface area contributed by atoms with E-state index < -0.39 is 0 Å². The highest BCUT2D eigenvalue weighted by molar-refractivity contribution is 6.29. The Balaban J connectivity index is 1.77. The molecule has 3 aliphatic heterocycles. The lowest BCUT2D eigenvalue weighted by molar-refractivity contribution is -0.124. The molecule has 3 fully saturated rings. The Hall–Kier alpha value is -1.13. The summed E-state index contributed by atoms with van der Waals surface area (Å²) in [5.74, 6) is 0.197. The number of fused-ring (bicyclic) bond motifs is 1. The van der Waals surface area contributed by atoms with Crippen LogP contribution in [0.1, 0.15) is 24.3 Å². The number of ether oxygens (including phenoxy) is 1. The van der Waals surface area contributed by atoms with Crippen LogP contribution in [0.2, 0.25) is 5.15 Å². The zero-order chi connectivity index (χ0) is 12.3. The minimum atomic E-state index is -0.258. The normalized spacial score (nSPS) is 40.9. The molecule has 94 valence electrons. The maximum Gasteiger partial charge on any atom is 0.226 e. The largest absolute Gasteiger partial charge is 0.368 e. The van der Waals surface area contributed by atoms with Gasteiger partial charge in [0.15, 0.2) is 0 Å². The standard InChI is InChI=1S/C13H13ClN2O2/c14-9-2-1-7(5-15-9)10-8-3-4-13(18-8)6-16-12(17)11(10)13/h1-2,5,8,10-11H,3-4,6H2,(H,16,17)/t8-,10-,11?,13-/m1/s1. The van der Waals surface area contributed by atoms with Crippen molar-refractivity contribution in [3.63, 3.8) is 0 Å². The van der Waals surface area contributed by atoms with Crippen molar-refractivity contribution >= 4 is 17.5 Å². The van der Waals surface area contributed by atoms with E-state index in [2.05, 4.69) is 10.3 Å². The molecule has 1 aromatic heterocycles. The first kappa shape index (κ1) is 10.8. The van der Waals surface area contributed by atoms with E-state index in [4.69, 9.17) is 16.3 Å². The molecular formula is C13H13ClN2O2. The third-order valence-corrected chi connectivity index (χ3v) is 4.77. The summed E-state index contributed by atoms with van der Waals surface area (Å²) < 4.78 is 6.11. The van der Waals surface area contributed by atoms with Gasteiger partial charge in [-0.05, 0) is 24.5 Å². The lowest BCUT2D eigenvalue weighted by Gasteiger charge is -2.27. The predicted octanol–water partition coefficient (Wildman–Crippen LogP) is 1.50. The van der Waals surface area contributed by atoms with Gasteiger partial charge in [0.05, 0.1) is 17.6 Å². The number of carbonyl (C=O) groups excluding carboxylic acids is 1. The Bertz CT molecular complexity index is 518. The lowest BCUT2D eigenvalue weighted by atomic mass is 9.71. The van der Waals surface area contributed by atoms with Crippen LogP contribution < -0.4 is 5.32 Å². The highest BCUT2D eigenvalue weighted by Gasteiger charge is 2.65. The molecular weight excluding hydrogens is 252 g/mol. The van der Waals surface area contributed by atoms with E-state index >= 15 is 0 Å². The third kappa shape index (κ3) is 1.25. The average molecular weight is 265 g/mol. The molecule has 4 atom stereocenters. The molecule has 0 radical (unpaired) electrons. The molecule has 3 aliphatic rings. The second-order valence-corrected chi connectivity index (χ2v) is 5.78. The predicted molar refractivity (Wildman–Crippen MR) is 65.3 cm³/mol. The Morgan fingerprint density at radius 1 is 1.50 bits per heavy atom. The number of hydrogen-bond donors (Lipinski definition) is 1. The summed E-state index contributed by atoms with van der Waals surface area (Å²) >= 11 is 5.81. The number of hydrogen-bond acceptors (Lipinski definition) is 3. The second-order valence-electron chi connectivity index (χ2n) is 5.40. The molecule has 1 spiro atoms. The molecule has 3 saturated heterocycles. The van der Waals surface area contributed by atoms with Crippen LogP contribution in [0.25, 0.3) is 0 Å². The van der Waals surface area contributed by atoms with Crippen molar-refractivity contribution in [3.05, 3.63) is 29.0 Å². The van der Waals surface area contributed by atoms with Gasteiger partial charge in [-0.1, -0.05) is 17.7 Å². The zero-order valence-corrected chi connectivity index (χ0v) is 10.5. The molecule has 0 saturated carbocycles. The Kier molecular flexibility index (Phi) is 2.07. The van der Waals surface area contributed by atoms with Crippen molar-refractivity contribution in [2.24, 2.45) is 5.92 Å². The van der Waals surface area contributed by atoms with Gasteiger partial charge in [-0.3, -0.25) is 4.79 Å². The molecule has 1 amide bonds. The Morgan fingerprint density at radius 3 is 3.17 bits per heavy atom. The van der Waals surface area contributed by atoms with E-state index in [1.807, 2.05) is 6.07 Å². The van der Waals surface area contributed by atoms with Gasteiger partial charge in [0.1, 0.15) is 5.15 Å². The summed E-state index contributed by atoms with van der Waals surface area (Å²) in [6.45, 7) is 0.657. The van der Waals surface area contributed by atoms with E-state index in [-0.39, 0.29) is 29.4 Å². The molecule has 2 bridgehead atoms. The van der Waals surface area contributed by atoms with Crippen molar-refractivity contribution in [2.75, 3.05) is 6.54 Å². The fourth-order valence-electron chi connectivity index (χ4n) is 3.81. The molecule has 4 rings (SSSR count). The second kappa shape index (κ2) is 3.45. The SMILES string of the molecule is O=C1NC[C@@]23CC[C@@H](O2)[C@@H](c2ccc(Cl)nc2)C13. The monoisotopic (exact) mass is 264 g/mol. The summed E-state index contributed by atoms with van der Waals surface area (Å²) in [4.78, 5) is 16.2. The van der Waals surface area contributed by atoms with Crippen LogP contribution in [-0.2, 0) is 9.53 Å². The van der Waals surface area contributed by atoms with Gasteiger partial charge in [0.2, 0.25) is 5.91 Å². The van der Waals surface area contributed by atoms with E-state index in [1.54, 1.807) is 12.3 Å². The highest BCUT2D eigenvalue weighted by Crippen LogP contribution is 2.56. The number of carbonyl (C=O) groups is 1. The molecule has 18 heavy (non-hydrogen) atoms. The van der Waals surface area contributed by atoms with Crippen LogP contribution in [0.3, 0.4) is 0 Å². The Labute approximate surface area is 110 Å². The first-order chi connectivity index (χ1) is 8.70. The van der Waals surface area contributed by atoms with Crippen LogP contribution in [0.15, 0.2) is 18.3 Å². The van der Waals surface area contributed by atoms with Gasteiger partial charge in [-0.2, -0.15) is 0 Å². The van der Waals surface area contributed by atoms with Gasteiger partial charge in [0, 0.05) is 18.7 Å². The van der Waals surface area contributed by atoms with Gasteiger partial charge < -0.3 is 10.1 Å². The number of aromatic nitrogens is 1. The topological polar surface area (TPSA) is 51.2 Å². The van der Waals surface area contributed by atoms with E-state index in [1.165, 1.54) is 0 Å². The van der Waals surface area contributed by atoms with Crippen molar-refractivity contribution in [3.8, 4) is 0 Å². The van der Waals surface area contributed by atoms with E-state index in [0.29, 0.717) is 11.7 Å². The van der Waals surface area contributed by atoms with E-state index in [9.17, 15) is 4.79 Å². The summed E-state index contributed by atoms with van der Waals surface area (Å²) in [5, 5.41) is 3.42. The van der Waals surface area contributed by atoms with Gasteiger partial charge in [0.25, 0.3) is 0 Å². The number of amides is 1. The summed E-state index contributed by atoms with van der Waals surface area (Å²) in [7, 11) is 0. The van der Waals surface area contributed by atoms with Crippen LogP contribution in [-0.4, -0.2) is 29.1 Å². The number of nitrogens with one attached hydrogen (secondary N) is 1. The summed E-state index contributed by atoms with van der Waals surface area (Å²) in [6, 6.07) is 3.74. The average Bonchev–Trinajstić information content (AvgIpc) is 3.01. The smallest absolute Gasteiger partial charge is 0.226 e. The van der Waals surface area contributed by atoms with Crippen LogP contribution in [0, 0.1) is 5.92 Å². The third-order valence-electron chi connectivity index (χ3n) is 4.54. The number of halogens is 1. The number of nitrogens with zero attached hydrogens (tertiary/aromatic N) is 1. The highest BCUT2D eigenvalue weighted by atomic mass is 35.5. The summed E-state index contributed by atoms with van der Waals surface area (Å²) in [6.07, 6.45) is 3.94. The fourth-order valence-corrected chi connectivity index (χ4v) is 3.92.